The molecule has 3 rings (SSSR count). The van der Waals surface area contributed by atoms with Gasteiger partial charge in [0.05, 0.1) is 4.90 Å². The lowest BCUT2D eigenvalue weighted by Gasteiger charge is -2.36. The lowest BCUT2D eigenvalue weighted by Crippen LogP contribution is -2.49. The SMILES string of the molecule is Cc1ccc(N2CCN(S(=O)(=O)c3c(C)c(C)cc(C)c3C)CC2)cc1Cl. The highest BCUT2D eigenvalue weighted by Crippen LogP contribution is 2.30. The van der Waals surface area contributed by atoms with Crippen molar-refractivity contribution in [3.8, 4) is 0 Å². The zero-order valence-corrected chi connectivity index (χ0v) is 18.2. The van der Waals surface area contributed by atoms with Crippen LogP contribution >= 0.6 is 11.6 Å². The summed E-state index contributed by atoms with van der Waals surface area (Å²) in [5.41, 5.74) is 5.83. The van der Waals surface area contributed by atoms with Crippen molar-refractivity contribution < 1.29 is 8.42 Å². The summed E-state index contributed by atoms with van der Waals surface area (Å²) in [6.07, 6.45) is 0. The average molecular weight is 407 g/mol. The van der Waals surface area contributed by atoms with E-state index in [2.05, 4.69) is 11.0 Å². The molecule has 1 aliphatic rings. The summed E-state index contributed by atoms with van der Waals surface area (Å²) in [5, 5.41) is 0.740. The van der Waals surface area contributed by atoms with Crippen molar-refractivity contribution >= 4 is 27.3 Å². The topological polar surface area (TPSA) is 40.6 Å². The monoisotopic (exact) mass is 406 g/mol. The van der Waals surface area contributed by atoms with E-state index >= 15 is 0 Å². The number of benzene rings is 2. The number of hydrogen-bond acceptors (Lipinski definition) is 3. The van der Waals surface area contributed by atoms with Gasteiger partial charge in [-0.25, -0.2) is 8.42 Å². The number of hydrogen-bond donors (Lipinski definition) is 0. The highest BCUT2D eigenvalue weighted by Gasteiger charge is 2.31. The van der Waals surface area contributed by atoms with Crippen LogP contribution < -0.4 is 4.90 Å². The molecule has 2 aromatic carbocycles. The van der Waals surface area contributed by atoms with Gasteiger partial charge in [-0.2, -0.15) is 4.31 Å². The molecule has 27 heavy (non-hydrogen) atoms. The molecule has 0 radical (unpaired) electrons. The molecule has 0 bridgehead atoms. The Morgan fingerprint density at radius 1 is 0.815 bits per heavy atom. The van der Waals surface area contributed by atoms with Crippen molar-refractivity contribution in [2.75, 3.05) is 31.1 Å². The van der Waals surface area contributed by atoms with Crippen molar-refractivity contribution in [2.24, 2.45) is 0 Å². The Balaban J connectivity index is 1.84. The normalized spacial score (nSPS) is 16.0. The smallest absolute Gasteiger partial charge is 0.243 e. The van der Waals surface area contributed by atoms with E-state index in [1.54, 1.807) is 4.31 Å². The zero-order chi connectivity index (χ0) is 19.9. The number of piperazine rings is 1. The number of aryl methyl sites for hydroxylation is 3. The van der Waals surface area contributed by atoms with Crippen LogP contribution in [0.5, 0.6) is 0 Å². The molecule has 0 spiro atoms. The number of nitrogens with zero attached hydrogens (tertiary/aromatic N) is 2. The van der Waals surface area contributed by atoms with Gasteiger partial charge in [-0.15, -0.1) is 0 Å². The quantitative estimate of drug-likeness (QED) is 0.758. The summed E-state index contributed by atoms with van der Waals surface area (Å²) in [6.45, 7) is 12.0. The second-order valence-electron chi connectivity index (χ2n) is 7.41. The highest BCUT2D eigenvalue weighted by atomic mass is 35.5. The predicted molar refractivity (Wildman–Crippen MR) is 113 cm³/mol. The first-order valence-electron chi connectivity index (χ1n) is 9.21. The van der Waals surface area contributed by atoms with Crippen molar-refractivity contribution in [1.29, 1.82) is 0 Å². The van der Waals surface area contributed by atoms with E-state index in [9.17, 15) is 8.42 Å². The fourth-order valence-corrected chi connectivity index (χ4v) is 5.83. The van der Waals surface area contributed by atoms with Gasteiger partial charge in [-0.3, -0.25) is 0 Å². The summed E-state index contributed by atoms with van der Waals surface area (Å²) in [4.78, 5) is 2.67. The fraction of sp³-hybridized carbons (Fsp3) is 0.429. The molecule has 1 aliphatic heterocycles. The first-order valence-corrected chi connectivity index (χ1v) is 11.0. The van der Waals surface area contributed by atoms with Crippen LogP contribution in [-0.2, 0) is 10.0 Å². The average Bonchev–Trinajstić information content (AvgIpc) is 2.62. The summed E-state index contributed by atoms with van der Waals surface area (Å²) >= 11 is 6.25. The van der Waals surface area contributed by atoms with Gasteiger partial charge in [0.1, 0.15) is 0 Å². The van der Waals surface area contributed by atoms with Gasteiger partial charge in [-0.05, 0) is 74.6 Å². The third kappa shape index (κ3) is 3.73. The number of halogens is 1. The predicted octanol–water partition coefficient (Wildman–Crippen LogP) is 4.39. The molecule has 0 N–H and O–H groups in total. The molecular formula is C21H27ClN2O2S. The molecule has 1 saturated heterocycles. The van der Waals surface area contributed by atoms with Crippen LogP contribution in [0.4, 0.5) is 5.69 Å². The minimum atomic E-state index is -3.51. The molecule has 1 heterocycles. The van der Waals surface area contributed by atoms with Gasteiger partial charge in [-0.1, -0.05) is 23.7 Å². The van der Waals surface area contributed by atoms with Crippen molar-refractivity contribution in [3.05, 3.63) is 57.1 Å². The van der Waals surface area contributed by atoms with Crippen LogP contribution in [0.3, 0.4) is 0 Å². The molecular weight excluding hydrogens is 380 g/mol. The molecule has 4 nitrogen and oxygen atoms in total. The minimum absolute atomic E-state index is 0.472. The third-order valence-electron chi connectivity index (χ3n) is 5.65. The molecule has 0 unspecified atom stereocenters. The van der Waals surface area contributed by atoms with Gasteiger partial charge >= 0.3 is 0 Å². The Morgan fingerprint density at radius 2 is 1.37 bits per heavy atom. The van der Waals surface area contributed by atoms with E-state index in [0.29, 0.717) is 31.1 Å². The van der Waals surface area contributed by atoms with Crippen molar-refractivity contribution in [2.45, 2.75) is 39.5 Å². The lowest BCUT2D eigenvalue weighted by atomic mass is 10.0. The standard InChI is InChI=1S/C21H27ClN2O2S/c1-14-6-7-19(13-20(14)22)23-8-10-24(11-9-23)27(25,26)21-17(4)15(2)12-16(3)18(21)5/h6-7,12-13H,8-11H2,1-5H3. The first kappa shape index (κ1) is 20.2. The zero-order valence-electron chi connectivity index (χ0n) is 16.6. The van der Waals surface area contributed by atoms with Crippen LogP contribution in [0.15, 0.2) is 29.2 Å². The molecule has 6 heteroatoms. The molecule has 0 aliphatic carbocycles. The van der Waals surface area contributed by atoms with E-state index in [-0.39, 0.29) is 0 Å². The van der Waals surface area contributed by atoms with E-state index in [1.165, 1.54) is 0 Å². The van der Waals surface area contributed by atoms with E-state index < -0.39 is 10.0 Å². The maximum atomic E-state index is 13.4. The maximum Gasteiger partial charge on any atom is 0.243 e. The van der Waals surface area contributed by atoms with Crippen LogP contribution in [-0.4, -0.2) is 38.9 Å². The van der Waals surface area contributed by atoms with Gasteiger partial charge in [0.2, 0.25) is 10.0 Å². The Hall–Kier alpha value is -1.56. The van der Waals surface area contributed by atoms with Gasteiger partial charge in [0, 0.05) is 36.9 Å². The summed E-state index contributed by atoms with van der Waals surface area (Å²) in [5.74, 6) is 0. The van der Waals surface area contributed by atoms with Gasteiger partial charge in [0.25, 0.3) is 0 Å². The van der Waals surface area contributed by atoms with Gasteiger partial charge in [0.15, 0.2) is 0 Å². The Morgan fingerprint density at radius 3 is 1.89 bits per heavy atom. The van der Waals surface area contributed by atoms with Crippen LogP contribution in [0.2, 0.25) is 5.02 Å². The Kier molecular flexibility index (Phi) is 5.57. The van der Waals surface area contributed by atoms with Crippen LogP contribution in [0.1, 0.15) is 27.8 Å². The largest absolute Gasteiger partial charge is 0.369 e. The molecule has 146 valence electrons. The Labute approximate surface area is 167 Å². The molecule has 2 aromatic rings. The number of sulfonamides is 1. The van der Waals surface area contributed by atoms with Gasteiger partial charge < -0.3 is 4.90 Å². The molecule has 0 atom stereocenters. The van der Waals surface area contributed by atoms with E-state index in [4.69, 9.17) is 11.6 Å². The van der Waals surface area contributed by atoms with Crippen LogP contribution in [0.25, 0.3) is 0 Å². The second-order valence-corrected chi connectivity index (χ2v) is 9.70. The number of rotatable bonds is 3. The summed E-state index contributed by atoms with van der Waals surface area (Å²) < 4.78 is 28.3. The van der Waals surface area contributed by atoms with Crippen molar-refractivity contribution in [1.82, 2.24) is 4.31 Å². The highest BCUT2D eigenvalue weighted by molar-refractivity contribution is 7.89. The molecule has 0 saturated carbocycles. The summed E-state index contributed by atoms with van der Waals surface area (Å²) in [6, 6.07) is 8.06. The summed E-state index contributed by atoms with van der Waals surface area (Å²) in [7, 11) is -3.51. The Bertz CT molecular complexity index is 952. The van der Waals surface area contributed by atoms with Crippen LogP contribution in [0, 0.1) is 34.6 Å². The number of anilines is 1. The minimum Gasteiger partial charge on any atom is -0.369 e. The molecule has 1 fully saturated rings. The molecule has 0 aromatic heterocycles. The fourth-order valence-electron chi connectivity index (χ4n) is 3.66. The van der Waals surface area contributed by atoms with E-state index in [0.717, 1.165) is 38.5 Å². The third-order valence-corrected chi connectivity index (χ3v) is 8.23. The molecule has 0 amide bonds. The van der Waals surface area contributed by atoms with Crippen molar-refractivity contribution in [3.63, 3.8) is 0 Å². The second kappa shape index (κ2) is 7.46. The maximum absolute atomic E-state index is 13.4. The lowest BCUT2D eigenvalue weighted by molar-refractivity contribution is 0.384. The first-order chi connectivity index (χ1) is 12.6. The van der Waals surface area contributed by atoms with E-state index in [1.807, 2.05) is 52.8 Å².